The number of carbonyl (C=O) groups is 5. The standard InChI is InChI=1S/C57H91NO15/c1-35-19-14-13-15-20-36(2)46(67-9)33-43-25-23-41(7)57(65,73-43)54(62)55(63)58-27-17-16-21-44(58)56(64)72-48(34-47(68-10)37(3)30-40(6)52(61)53(70-12)51(60)39(5)29-35)38(4)31-42-24-26-45(49(32-42)69-11)71-50(59)22-18-28-66-8/h13-15,19-20,30,35,37-39,41-49,52-53,61,65H,16-18,21-29,31-34H2,1-12H3/b15-13+,19-14+,36-20+,40-30+/t35-,37-,38-,39-,41-,42+,43+,44+,45-,46+,47-,48+,49-,52-,53+,57-/m1/s1. The van der Waals surface area contributed by atoms with Crippen LogP contribution in [0.25, 0.3) is 0 Å². The maximum atomic E-state index is 14.7. The number of aliphatic hydroxyl groups is 2. The zero-order valence-corrected chi connectivity index (χ0v) is 46.1. The van der Waals surface area contributed by atoms with Gasteiger partial charge in [0, 0.05) is 85.7 Å². The van der Waals surface area contributed by atoms with E-state index in [-0.39, 0.29) is 67.3 Å². The second-order valence-corrected chi connectivity index (χ2v) is 21.6. The average Bonchev–Trinajstić information content (AvgIpc) is 3.37. The molecule has 2 N–H and O–H groups in total. The molecule has 0 spiro atoms. The fourth-order valence-corrected chi connectivity index (χ4v) is 11.3. The smallest absolute Gasteiger partial charge is 0.329 e. The van der Waals surface area contributed by atoms with Gasteiger partial charge in [-0.2, -0.15) is 0 Å². The number of rotatable bonds is 12. The summed E-state index contributed by atoms with van der Waals surface area (Å²) in [6.07, 6.45) is 13.0. The number of amides is 1. The summed E-state index contributed by atoms with van der Waals surface area (Å²) in [6.45, 7) is 13.8. The Balaban J connectivity index is 1.70. The first-order valence-electron chi connectivity index (χ1n) is 26.9. The van der Waals surface area contributed by atoms with Crippen molar-refractivity contribution in [2.75, 3.05) is 48.7 Å². The number of nitrogens with zero attached hydrogens (tertiary/aromatic N) is 1. The number of cyclic esters (lactones) is 1. The number of allylic oxidation sites excluding steroid dienone is 5. The summed E-state index contributed by atoms with van der Waals surface area (Å²) in [5, 5.41) is 23.7. The Morgan fingerprint density at radius 2 is 1.55 bits per heavy atom. The lowest BCUT2D eigenvalue weighted by Crippen LogP contribution is -2.61. The van der Waals surface area contributed by atoms with Gasteiger partial charge in [-0.25, -0.2) is 4.79 Å². The van der Waals surface area contributed by atoms with E-state index in [1.54, 1.807) is 42.3 Å². The number of Topliss-reactive ketones (excluding diaryl/α,β-unsaturated/α-hetero) is 2. The molecule has 3 fully saturated rings. The van der Waals surface area contributed by atoms with Crippen molar-refractivity contribution in [3.63, 3.8) is 0 Å². The van der Waals surface area contributed by atoms with Gasteiger partial charge in [-0.1, -0.05) is 71.1 Å². The number of methoxy groups -OCH3 is 5. The minimum Gasteiger partial charge on any atom is -0.460 e. The van der Waals surface area contributed by atoms with E-state index in [9.17, 15) is 34.2 Å². The first kappa shape index (κ1) is 61.9. The van der Waals surface area contributed by atoms with Gasteiger partial charge >= 0.3 is 11.9 Å². The Morgan fingerprint density at radius 3 is 2.22 bits per heavy atom. The van der Waals surface area contributed by atoms with E-state index in [0.717, 1.165) is 12.0 Å². The van der Waals surface area contributed by atoms with Crippen molar-refractivity contribution in [3.8, 4) is 0 Å². The number of carbonyl (C=O) groups excluding carboxylic acids is 5. The van der Waals surface area contributed by atoms with Crippen LogP contribution in [-0.4, -0.2) is 154 Å². The molecule has 1 aliphatic carbocycles. The van der Waals surface area contributed by atoms with Crippen LogP contribution < -0.4 is 0 Å². The maximum Gasteiger partial charge on any atom is 0.329 e. The van der Waals surface area contributed by atoms with Gasteiger partial charge in [0.15, 0.2) is 5.78 Å². The summed E-state index contributed by atoms with van der Waals surface area (Å²) in [5.41, 5.74) is 1.41. The molecule has 3 heterocycles. The van der Waals surface area contributed by atoms with Crippen molar-refractivity contribution >= 4 is 29.4 Å². The number of hydrogen-bond donors (Lipinski definition) is 2. The molecule has 3 aliphatic heterocycles. The average molecular weight is 1030 g/mol. The first-order chi connectivity index (χ1) is 34.7. The highest BCUT2D eigenvalue weighted by Gasteiger charge is 2.53. The van der Waals surface area contributed by atoms with Crippen LogP contribution in [0.1, 0.15) is 138 Å². The second-order valence-electron chi connectivity index (χ2n) is 21.6. The molecule has 4 rings (SSSR count). The van der Waals surface area contributed by atoms with Crippen molar-refractivity contribution in [3.05, 3.63) is 47.6 Å². The van der Waals surface area contributed by atoms with E-state index in [2.05, 4.69) is 0 Å². The van der Waals surface area contributed by atoms with Gasteiger partial charge < -0.3 is 53.0 Å². The molecular weight excluding hydrogens is 939 g/mol. The number of ether oxygens (including phenoxy) is 8. The third-order valence-electron chi connectivity index (χ3n) is 15.9. The highest BCUT2D eigenvalue weighted by atomic mass is 16.6. The molecule has 2 saturated heterocycles. The third kappa shape index (κ3) is 17.5. The van der Waals surface area contributed by atoms with E-state index in [1.165, 1.54) is 12.0 Å². The fraction of sp³-hybridized carbons (Fsp3) is 0.772. The highest BCUT2D eigenvalue weighted by molar-refractivity contribution is 6.39. The number of hydrogen-bond acceptors (Lipinski definition) is 15. The maximum absolute atomic E-state index is 14.7. The lowest BCUT2D eigenvalue weighted by molar-refractivity contribution is -0.265. The van der Waals surface area contributed by atoms with Crippen molar-refractivity contribution in [2.24, 2.45) is 35.5 Å². The van der Waals surface area contributed by atoms with Crippen molar-refractivity contribution in [1.82, 2.24) is 4.90 Å². The third-order valence-corrected chi connectivity index (χ3v) is 15.9. The Hall–Kier alpha value is -3.61. The zero-order chi connectivity index (χ0) is 54.0. The van der Waals surface area contributed by atoms with Gasteiger partial charge in [0.2, 0.25) is 5.79 Å². The van der Waals surface area contributed by atoms with Crippen LogP contribution >= 0.6 is 0 Å². The van der Waals surface area contributed by atoms with Gasteiger partial charge in [0.25, 0.3) is 11.7 Å². The summed E-state index contributed by atoms with van der Waals surface area (Å²) in [4.78, 5) is 71.3. The Labute approximate surface area is 435 Å². The van der Waals surface area contributed by atoms with E-state index < -0.39 is 84.1 Å². The molecule has 0 aromatic heterocycles. The fourth-order valence-electron chi connectivity index (χ4n) is 11.3. The molecule has 4 aliphatic rings. The van der Waals surface area contributed by atoms with E-state index >= 15 is 0 Å². The number of fused-ring (bicyclic) bond motifs is 3. The van der Waals surface area contributed by atoms with Crippen molar-refractivity contribution < 1.29 is 72.1 Å². The molecule has 1 amide bonds. The van der Waals surface area contributed by atoms with Crippen LogP contribution in [0.15, 0.2) is 47.6 Å². The Bertz CT molecular complexity index is 1910. The normalized spacial score (nSPS) is 38.2. The van der Waals surface area contributed by atoms with E-state index in [4.69, 9.17) is 37.9 Å². The van der Waals surface area contributed by atoms with E-state index in [1.807, 2.05) is 71.1 Å². The predicted octanol–water partition coefficient (Wildman–Crippen LogP) is 7.60. The van der Waals surface area contributed by atoms with Crippen LogP contribution in [0, 0.1) is 35.5 Å². The monoisotopic (exact) mass is 1030 g/mol. The van der Waals surface area contributed by atoms with Crippen LogP contribution in [0.2, 0.25) is 0 Å². The minimum absolute atomic E-state index is 0.0343. The largest absolute Gasteiger partial charge is 0.460 e. The predicted molar refractivity (Wildman–Crippen MR) is 276 cm³/mol. The van der Waals surface area contributed by atoms with Gasteiger partial charge in [-0.05, 0) is 113 Å². The lowest BCUT2D eigenvalue weighted by Gasteiger charge is -2.43. The van der Waals surface area contributed by atoms with E-state index in [0.29, 0.717) is 76.4 Å². The Morgan fingerprint density at radius 1 is 0.822 bits per heavy atom. The van der Waals surface area contributed by atoms with Crippen molar-refractivity contribution in [2.45, 2.75) is 199 Å². The molecular formula is C57H91NO15. The number of piperidine rings is 1. The summed E-state index contributed by atoms with van der Waals surface area (Å²) >= 11 is 0. The molecule has 1 saturated carbocycles. The molecule has 73 heavy (non-hydrogen) atoms. The van der Waals surface area contributed by atoms with Gasteiger partial charge in [-0.15, -0.1) is 0 Å². The molecule has 16 heteroatoms. The summed E-state index contributed by atoms with van der Waals surface area (Å²) in [5.74, 6) is -7.23. The summed E-state index contributed by atoms with van der Waals surface area (Å²) in [7, 11) is 7.79. The van der Waals surface area contributed by atoms with Crippen LogP contribution in [0.3, 0.4) is 0 Å². The van der Waals surface area contributed by atoms with Gasteiger partial charge in [0.05, 0.1) is 24.4 Å². The second kappa shape index (κ2) is 30.2. The molecule has 414 valence electrons. The minimum atomic E-state index is -2.42. The van der Waals surface area contributed by atoms with Crippen LogP contribution in [0.4, 0.5) is 0 Å². The molecule has 0 aromatic rings. The molecule has 0 unspecified atom stereocenters. The highest BCUT2D eigenvalue weighted by Crippen LogP contribution is 2.38. The van der Waals surface area contributed by atoms with Crippen LogP contribution in [-0.2, 0) is 61.9 Å². The van der Waals surface area contributed by atoms with Gasteiger partial charge in [-0.3, -0.25) is 19.2 Å². The van der Waals surface area contributed by atoms with Gasteiger partial charge in [0.1, 0.15) is 30.5 Å². The number of esters is 2. The zero-order valence-electron chi connectivity index (χ0n) is 46.1. The molecule has 0 aromatic carbocycles. The molecule has 2 bridgehead atoms. The molecule has 16 atom stereocenters. The quantitative estimate of drug-likeness (QED) is 0.0837. The van der Waals surface area contributed by atoms with Crippen molar-refractivity contribution in [1.29, 1.82) is 0 Å². The first-order valence-corrected chi connectivity index (χ1v) is 26.9. The summed E-state index contributed by atoms with van der Waals surface area (Å²) in [6, 6.07) is -1.10. The lowest BCUT2D eigenvalue weighted by atomic mass is 9.78. The molecule has 16 nitrogen and oxygen atoms in total. The molecule has 0 radical (unpaired) electrons. The van der Waals surface area contributed by atoms with Crippen LogP contribution in [0.5, 0.6) is 0 Å². The SMILES string of the molecule is COCCCC(=O)O[C@@H]1CC[C@@H](C[C@@H](C)[C@@H]2C[C@@H](OC)[C@H](C)/C=C(\C)[C@@H](O)[C@@H](OC)C(=O)[C@H](C)C[C@H](C)/C=C/C=C/C=C(\C)[C@@H](OC)C[C@@H]3CC[C@@H](C)[C@@](O)(O3)C(=O)C(=O)N3CCCC[C@H]3C(=O)O2)C[C@H]1OC. The summed E-state index contributed by atoms with van der Waals surface area (Å²) < 4.78 is 47.3. The topological polar surface area (TPSA) is 203 Å². The Kier molecular flexibility index (Phi) is 25.6. The number of ketones is 2. The number of aliphatic hydroxyl groups excluding tert-OH is 1.